The zero-order chi connectivity index (χ0) is 17.3. The molecule has 2 N–H and O–H groups in total. The molecule has 3 aliphatic rings. The van der Waals surface area contributed by atoms with Gasteiger partial charge in [0.1, 0.15) is 10.6 Å². The molecule has 0 atom stereocenters. The van der Waals surface area contributed by atoms with Crippen molar-refractivity contribution in [2.45, 2.75) is 37.5 Å². The Morgan fingerprint density at radius 3 is 2.58 bits per heavy atom. The van der Waals surface area contributed by atoms with Gasteiger partial charge in [0, 0.05) is 28.9 Å². The topological polar surface area (TPSA) is 58.0 Å². The monoisotopic (exact) mass is 363 g/mol. The molecule has 0 bridgehead atoms. The van der Waals surface area contributed by atoms with E-state index in [1.165, 1.54) is 44.2 Å². The number of nitrogens with one attached hydrogen (secondary N) is 1. The highest BCUT2D eigenvalue weighted by Gasteiger charge is 2.50. The summed E-state index contributed by atoms with van der Waals surface area (Å²) < 4.78 is 0. The number of benzene rings is 1. The summed E-state index contributed by atoms with van der Waals surface area (Å²) in [6, 6.07) is 9.55. The zero-order valence-corrected chi connectivity index (χ0v) is 15.4. The molecule has 0 radical (unpaired) electrons. The normalized spacial score (nSPS) is 21.7. The molecular weight excluding hydrogens is 342 g/mol. The van der Waals surface area contributed by atoms with Gasteiger partial charge in [0.25, 0.3) is 0 Å². The number of phenols is 1. The molecule has 1 spiro atoms. The van der Waals surface area contributed by atoms with Crippen LogP contribution < -0.4 is 5.32 Å². The molecular formula is C21H21N3OS. The van der Waals surface area contributed by atoms with E-state index in [4.69, 9.17) is 0 Å². The highest BCUT2D eigenvalue weighted by atomic mass is 32.1. The summed E-state index contributed by atoms with van der Waals surface area (Å²) >= 11 is 1.86. The van der Waals surface area contributed by atoms with Gasteiger partial charge in [-0.25, -0.2) is 0 Å². The van der Waals surface area contributed by atoms with Gasteiger partial charge >= 0.3 is 0 Å². The Labute approximate surface area is 156 Å². The Hall–Kier alpha value is -1.98. The second-order valence-electron chi connectivity index (χ2n) is 8.33. The number of hydrogen-bond acceptors (Lipinski definition) is 5. The van der Waals surface area contributed by atoms with Crippen LogP contribution in [-0.2, 0) is 0 Å². The van der Waals surface area contributed by atoms with E-state index in [9.17, 15) is 5.11 Å². The number of aromatic hydroxyl groups is 1. The summed E-state index contributed by atoms with van der Waals surface area (Å²) in [6.07, 6.45) is 5.25. The molecule has 3 aromatic rings. The SMILES string of the molecule is Oc1ccccc1-c1cc2c(C3CC3)c(C3CC4(CNC4)C3)sc2nn1. The molecule has 2 aliphatic carbocycles. The van der Waals surface area contributed by atoms with Crippen LogP contribution in [0, 0.1) is 5.41 Å². The van der Waals surface area contributed by atoms with E-state index in [0.717, 1.165) is 16.1 Å². The maximum atomic E-state index is 10.2. The highest BCUT2D eigenvalue weighted by molar-refractivity contribution is 7.19. The van der Waals surface area contributed by atoms with Crippen molar-refractivity contribution >= 4 is 21.6 Å². The third kappa shape index (κ3) is 2.17. The van der Waals surface area contributed by atoms with E-state index < -0.39 is 0 Å². The highest BCUT2D eigenvalue weighted by Crippen LogP contribution is 2.59. The lowest BCUT2D eigenvalue weighted by molar-refractivity contribution is 0.0373. The van der Waals surface area contributed by atoms with Crippen molar-refractivity contribution < 1.29 is 5.11 Å². The quantitative estimate of drug-likeness (QED) is 0.724. The van der Waals surface area contributed by atoms with E-state index >= 15 is 0 Å². The first-order valence-corrected chi connectivity index (χ1v) is 10.3. The van der Waals surface area contributed by atoms with Gasteiger partial charge in [0.2, 0.25) is 0 Å². The van der Waals surface area contributed by atoms with E-state index in [0.29, 0.717) is 17.3 Å². The molecule has 0 unspecified atom stereocenters. The van der Waals surface area contributed by atoms with Crippen LogP contribution in [0.4, 0.5) is 0 Å². The predicted octanol–water partition coefficient (Wildman–Crippen LogP) is 4.41. The Kier molecular flexibility index (Phi) is 3.06. The van der Waals surface area contributed by atoms with Gasteiger partial charge in [-0.3, -0.25) is 0 Å². The summed E-state index contributed by atoms with van der Waals surface area (Å²) in [7, 11) is 0. The number of nitrogens with zero attached hydrogens (tertiary/aromatic N) is 2. The fourth-order valence-electron chi connectivity index (χ4n) is 4.80. The lowest BCUT2D eigenvalue weighted by Crippen LogP contribution is -2.59. The maximum absolute atomic E-state index is 10.2. The van der Waals surface area contributed by atoms with Crippen molar-refractivity contribution in [3.8, 4) is 17.0 Å². The Balaban J connectivity index is 1.45. The first kappa shape index (κ1) is 15.1. The molecule has 2 saturated carbocycles. The number of para-hydroxylation sites is 1. The minimum absolute atomic E-state index is 0.267. The molecule has 3 fully saturated rings. The summed E-state index contributed by atoms with van der Waals surface area (Å²) in [5.41, 5.74) is 3.67. The summed E-state index contributed by atoms with van der Waals surface area (Å²) in [5.74, 6) is 1.68. The number of thiophene rings is 1. The van der Waals surface area contributed by atoms with Gasteiger partial charge in [-0.15, -0.1) is 21.5 Å². The van der Waals surface area contributed by atoms with Gasteiger partial charge in [-0.05, 0) is 66.7 Å². The van der Waals surface area contributed by atoms with Gasteiger partial charge < -0.3 is 10.4 Å². The zero-order valence-electron chi connectivity index (χ0n) is 14.5. The van der Waals surface area contributed by atoms with Crippen molar-refractivity contribution in [3.05, 3.63) is 40.8 Å². The van der Waals surface area contributed by atoms with E-state index in [-0.39, 0.29) is 5.75 Å². The smallest absolute Gasteiger partial charge is 0.146 e. The van der Waals surface area contributed by atoms with Crippen molar-refractivity contribution in [3.63, 3.8) is 0 Å². The van der Waals surface area contributed by atoms with Crippen LogP contribution in [0.15, 0.2) is 30.3 Å². The predicted molar refractivity (Wildman–Crippen MR) is 104 cm³/mol. The molecule has 26 heavy (non-hydrogen) atoms. The molecule has 0 amide bonds. The molecule has 1 aromatic carbocycles. The standard InChI is InChI=1S/C21H21N3OS/c25-17-4-2-1-3-14(17)16-7-15-18(12-5-6-12)19(26-20(15)24-23-16)13-8-21(9-13)10-22-11-21/h1-4,7,12-13,22,25H,5-6,8-11H2. The fraction of sp³-hybridized carbons (Fsp3) is 0.429. The molecule has 2 aromatic heterocycles. The first-order chi connectivity index (χ1) is 12.7. The van der Waals surface area contributed by atoms with E-state index in [2.05, 4.69) is 21.6 Å². The van der Waals surface area contributed by atoms with Crippen LogP contribution in [0.1, 0.15) is 48.0 Å². The molecule has 5 heteroatoms. The lowest BCUT2D eigenvalue weighted by atomic mass is 9.58. The number of aromatic nitrogens is 2. The van der Waals surface area contributed by atoms with Crippen molar-refractivity contribution in [1.29, 1.82) is 0 Å². The maximum Gasteiger partial charge on any atom is 0.146 e. The van der Waals surface area contributed by atoms with Gasteiger partial charge in [0.05, 0.1) is 5.69 Å². The second-order valence-corrected chi connectivity index (χ2v) is 9.36. The number of fused-ring (bicyclic) bond motifs is 1. The van der Waals surface area contributed by atoms with Crippen molar-refractivity contribution in [2.24, 2.45) is 5.41 Å². The van der Waals surface area contributed by atoms with Crippen LogP contribution in [0.2, 0.25) is 0 Å². The third-order valence-corrected chi connectivity index (χ3v) is 7.69. The summed E-state index contributed by atoms with van der Waals surface area (Å²) in [5, 5.41) is 23.9. The number of rotatable bonds is 3. The third-order valence-electron chi connectivity index (χ3n) is 6.42. The van der Waals surface area contributed by atoms with Gasteiger partial charge in [-0.1, -0.05) is 12.1 Å². The largest absolute Gasteiger partial charge is 0.507 e. The number of hydrogen-bond donors (Lipinski definition) is 2. The van der Waals surface area contributed by atoms with Crippen molar-refractivity contribution in [1.82, 2.24) is 15.5 Å². The Bertz CT molecular complexity index is 1010. The van der Waals surface area contributed by atoms with Gasteiger partial charge in [0.15, 0.2) is 0 Å². The second kappa shape index (κ2) is 5.27. The van der Waals surface area contributed by atoms with Crippen LogP contribution in [0.5, 0.6) is 5.75 Å². The lowest BCUT2D eigenvalue weighted by Gasteiger charge is -2.54. The van der Waals surface area contributed by atoms with E-state index in [1.54, 1.807) is 16.5 Å². The Morgan fingerprint density at radius 1 is 1.08 bits per heavy atom. The fourth-order valence-corrected chi connectivity index (χ4v) is 6.09. The molecule has 4 nitrogen and oxygen atoms in total. The Morgan fingerprint density at radius 2 is 1.88 bits per heavy atom. The van der Waals surface area contributed by atoms with Crippen LogP contribution in [-0.4, -0.2) is 28.4 Å². The van der Waals surface area contributed by atoms with Gasteiger partial charge in [-0.2, -0.15) is 0 Å². The molecule has 3 heterocycles. The van der Waals surface area contributed by atoms with E-state index in [1.807, 2.05) is 29.5 Å². The minimum Gasteiger partial charge on any atom is -0.507 e. The first-order valence-electron chi connectivity index (χ1n) is 9.52. The average molecular weight is 363 g/mol. The number of phenolic OH excluding ortho intramolecular Hbond substituents is 1. The molecule has 132 valence electrons. The molecule has 1 saturated heterocycles. The van der Waals surface area contributed by atoms with Crippen LogP contribution in [0.25, 0.3) is 21.5 Å². The van der Waals surface area contributed by atoms with Crippen LogP contribution >= 0.6 is 11.3 Å². The average Bonchev–Trinajstić information content (AvgIpc) is 3.33. The molecule has 1 aliphatic heterocycles. The van der Waals surface area contributed by atoms with Crippen LogP contribution in [0.3, 0.4) is 0 Å². The minimum atomic E-state index is 0.267. The molecule has 6 rings (SSSR count). The summed E-state index contributed by atoms with van der Waals surface area (Å²) in [6.45, 7) is 2.40. The summed E-state index contributed by atoms with van der Waals surface area (Å²) in [4.78, 5) is 2.64. The van der Waals surface area contributed by atoms with Crippen molar-refractivity contribution in [2.75, 3.05) is 13.1 Å².